The zero-order valence-corrected chi connectivity index (χ0v) is 15.0. The number of rotatable bonds is 5. The molecule has 2 amide bonds. The molecule has 5 nitrogen and oxygen atoms in total. The summed E-state index contributed by atoms with van der Waals surface area (Å²) in [6, 6.07) is 25.6. The van der Waals surface area contributed by atoms with Crippen LogP contribution in [0.2, 0.25) is 0 Å². The first-order valence-corrected chi connectivity index (χ1v) is 8.53. The summed E-state index contributed by atoms with van der Waals surface area (Å²) in [5, 5.41) is 2.64. The molecule has 0 saturated heterocycles. The van der Waals surface area contributed by atoms with E-state index in [0.29, 0.717) is 23.7 Å². The SMILES string of the molecule is COc1cccc(NC(=O)C(=O)N(Cc2ccccc2)c2ccccc2)c1. The van der Waals surface area contributed by atoms with Gasteiger partial charge in [0, 0.05) is 17.4 Å². The zero-order valence-electron chi connectivity index (χ0n) is 15.0. The number of benzene rings is 3. The Morgan fingerprint density at radius 2 is 1.56 bits per heavy atom. The summed E-state index contributed by atoms with van der Waals surface area (Å²) in [6.45, 7) is 0.301. The van der Waals surface area contributed by atoms with Crippen molar-refractivity contribution in [3.63, 3.8) is 0 Å². The predicted molar refractivity (Wildman–Crippen MR) is 106 cm³/mol. The quantitative estimate of drug-likeness (QED) is 0.703. The molecule has 5 heteroatoms. The number of amides is 2. The van der Waals surface area contributed by atoms with Crippen LogP contribution in [-0.2, 0) is 16.1 Å². The Morgan fingerprint density at radius 3 is 2.22 bits per heavy atom. The molecular formula is C22H20N2O3. The van der Waals surface area contributed by atoms with Crippen molar-refractivity contribution in [3.8, 4) is 5.75 Å². The number of ether oxygens (including phenoxy) is 1. The first kappa shape index (κ1) is 18.2. The van der Waals surface area contributed by atoms with Crippen LogP contribution in [0, 0.1) is 0 Å². The second-order valence-corrected chi connectivity index (χ2v) is 5.90. The minimum atomic E-state index is -0.706. The average molecular weight is 360 g/mol. The van der Waals surface area contributed by atoms with E-state index in [0.717, 1.165) is 5.56 Å². The highest BCUT2D eigenvalue weighted by Gasteiger charge is 2.23. The van der Waals surface area contributed by atoms with Crippen molar-refractivity contribution in [2.45, 2.75) is 6.54 Å². The molecule has 0 saturated carbocycles. The van der Waals surface area contributed by atoms with Gasteiger partial charge in [-0.3, -0.25) is 14.5 Å². The van der Waals surface area contributed by atoms with E-state index in [1.807, 2.05) is 48.5 Å². The molecule has 0 spiro atoms. The second-order valence-electron chi connectivity index (χ2n) is 5.90. The molecule has 0 heterocycles. The van der Waals surface area contributed by atoms with Gasteiger partial charge in [-0.2, -0.15) is 0 Å². The number of anilines is 2. The number of para-hydroxylation sites is 1. The molecule has 0 unspecified atom stereocenters. The van der Waals surface area contributed by atoms with Gasteiger partial charge in [0.15, 0.2) is 0 Å². The van der Waals surface area contributed by atoms with Crippen molar-refractivity contribution in [1.29, 1.82) is 0 Å². The van der Waals surface area contributed by atoms with Gasteiger partial charge in [-0.1, -0.05) is 54.6 Å². The number of methoxy groups -OCH3 is 1. The van der Waals surface area contributed by atoms with E-state index >= 15 is 0 Å². The molecule has 27 heavy (non-hydrogen) atoms. The number of carbonyl (C=O) groups is 2. The summed E-state index contributed by atoms with van der Waals surface area (Å²) in [4.78, 5) is 26.9. The van der Waals surface area contributed by atoms with Crippen molar-refractivity contribution in [1.82, 2.24) is 0 Å². The average Bonchev–Trinajstić information content (AvgIpc) is 2.73. The van der Waals surface area contributed by atoms with E-state index in [9.17, 15) is 9.59 Å². The van der Waals surface area contributed by atoms with E-state index in [1.54, 1.807) is 43.5 Å². The van der Waals surface area contributed by atoms with Crippen LogP contribution < -0.4 is 15.0 Å². The Morgan fingerprint density at radius 1 is 0.889 bits per heavy atom. The van der Waals surface area contributed by atoms with Crippen LogP contribution in [0.4, 0.5) is 11.4 Å². The van der Waals surface area contributed by atoms with Gasteiger partial charge < -0.3 is 10.1 Å². The van der Waals surface area contributed by atoms with Crippen LogP contribution in [-0.4, -0.2) is 18.9 Å². The summed E-state index contributed by atoms with van der Waals surface area (Å²) in [6.07, 6.45) is 0. The molecule has 3 aromatic carbocycles. The normalized spacial score (nSPS) is 10.1. The predicted octanol–water partition coefficient (Wildman–Crippen LogP) is 3.87. The fraction of sp³-hybridized carbons (Fsp3) is 0.0909. The lowest BCUT2D eigenvalue weighted by Gasteiger charge is -2.22. The Balaban J connectivity index is 1.82. The van der Waals surface area contributed by atoms with E-state index in [2.05, 4.69) is 5.32 Å². The van der Waals surface area contributed by atoms with Gasteiger partial charge in [-0.05, 0) is 29.8 Å². The van der Waals surface area contributed by atoms with Crippen LogP contribution in [0.15, 0.2) is 84.9 Å². The molecule has 0 aliphatic carbocycles. The fourth-order valence-electron chi connectivity index (χ4n) is 2.66. The zero-order chi connectivity index (χ0) is 19.1. The Labute approximate surface area is 158 Å². The van der Waals surface area contributed by atoms with Crippen LogP contribution in [0.1, 0.15) is 5.56 Å². The summed E-state index contributed by atoms with van der Waals surface area (Å²) >= 11 is 0. The highest BCUT2D eigenvalue weighted by molar-refractivity contribution is 6.44. The lowest BCUT2D eigenvalue weighted by atomic mass is 10.2. The van der Waals surface area contributed by atoms with E-state index in [1.165, 1.54) is 4.90 Å². The van der Waals surface area contributed by atoms with E-state index in [4.69, 9.17) is 4.74 Å². The lowest BCUT2D eigenvalue weighted by Crippen LogP contribution is -2.39. The van der Waals surface area contributed by atoms with Crippen LogP contribution >= 0.6 is 0 Å². The first-order valence-electron chi connectivity index (χ1n) is 8.53. The highest BCUT2D eigenvalue weighted by Crippen LogP contribution is 2.19. The van der Waals surface area contributed by atoms with Crippen LogP contribution in [0.5, 0.6) is 5.75 Å². The largest absolute Gasteiger partial charge is 0.497 e. The van der Waals surface area contributed by atoms with Crippen molar-refractivity contribution < 1.29 is 14.3 Å². The van der Waals surface area contributed by atoms with Gasteiger partial charge in [0.25, 0.3) is 0 Å². The molecular weight excluding hydrogens is 340 g/mol. The molecule has 1 N–H and O–H groups in total. The highest BCUT2D eigenvalue weighted by atomic mass is 16.5. The summed E-state index contributed by atoms with van der Waals surface area (Å²) in [5.74, 6) is -0.736. The molecule has 136 valence electrons. The summed E-state index contributed by atoms with van der Waals surface area (Å²) < 4.78 is 5.15. The van der Waals surface area contributed by atoms with Gasteiger partial charge in [0.1, 0.15) is 5.75 Å². The standard InChI is InChI=1S/C22H20N2O3/c1-27-20-14-8-11-18(15-20)23-21(25)22(26)24(19-12-6-3-7-13-19)16-17-9-4-2-5-10-17/h2-15H,16H2,1H3,(H,23,25). The van der Waals surface area contributed by atoms with Crippen molar-refractivity contribution in [3.05, 3.63) is 90.5 Å². The van der Waals surface area contributed by atoms with Crippen molar-refractivity contribution in [2.75, 3.05) is 17.3 Å². The fourth-order valence-corrected chi connectivity index (χ4v) is 2.66. The van der Waals surface area contributed by atoms with Crippen molar-refractivity contribution in [2.24, 2.45) is 0 Å². The molecule has 0 fully saturated rings. The van der Waals surface area contributed by atoms with Gasteiger partial charge in [0.2, 0.25) is 0 Å². The Kier molecular flexibility index (Phi) is 5.84. The summed E-state index contributed by atoms with van der Waals surface area (Å²) in [5.41, 5.74) is 2.09. The van der Waals surface area contributed by atoms with E-state index < -0.39 is 11.8 Å². The number of hydrogen-bond acceptors (Lipinski definition) is 3. The van der Waals surface area contributed by atoms with Gasteiger partial charge in [0.05, 0.1) is 13.7 Å². The van der Waals surface area contributed by atoms with E-state index in [-0.39, 0.29) is 0 Å². The second kappa shape index (κ2) is 8.67. The Hall–Kier alpha value is -3.60. The third-order valence-corrected chi connectivity index (χ3v) is 4.02. The van der Waals surface area contributed by atoms with Gasteiger partial charge in [-0.15, -0.1) is 0 Å². The summed E-state index contributed by atoms with van der Waals surface area (Å²) in [7, 11) is 1.54. The number of nitrogens with zero attached hydrogens (tertiary/aromatic N) is 1. The third-order valence-electron chi connectivity index (χ3n) is 4.02. The van der Waals surface area contributed by atoms with Crippen molar-refractivity contribution >= 4 is 23.2 Å². The Bertz CT molecular complexity index is 911. The molecule has 0 aliphatic rings. The molecule has 0 aromatic heterocycles. The maximum absolute atomic E-state index is 12.9. The monoisotopic (exact) mass is 360 g/mol. The maximum atomic E-state index is 12.9. The molecule has 3 rings (SSSR count). The topological polar surface area (TPSA) is 58.6 Å². The smallest absolute Gasteiger partial charge is 0.316 e. The lowest BCUT2D eigenvalue weighted by molar-refractivity contribution is -0.134. The maximum Gasteiger partial charge on any atom is 0.316 e. The molecule has 0 atom stereocenters. The number of nitrogens with one attached hydrogen (secondary N) is 1. The molecule has 0 radical (unpaired) electrons. The van der Waals surface area contributed by atoms with Gasteiger partial charge in [-0.25, -0.2) is 0 Å². The molecule has 3 aromatic rings. The molecule has 0 bridgehead atoms. The van der Waals surface area contributed by atoms with Crippen LogP contribution in [0.3, 0.4) is 0 Å². The van der Waals surface area contributed by atoms with Crippen LogP contribution in [0.25, 0.3) is 0 Å². The minimum Gasteiger partial charge on any atom is -0.497 e. The molecule has 0 aliphatic heterocycles. The number of carbonyl (C=O) groups excluding carboxylic acids is 2. The third kappa shape index (κ3) is 4.73. The first-order chi connectivity index (χ1) is 13.2. The minimum absolute atomic E-state index is 0.301. The van der Waals surface area contributed by atoms with Gasteiger partial charge >= 0.3 is 11.8 Å². The number of hydrogen-bond donors (Lipinski definition) is 1.